The smallest absolute Gasteiger partial charge is 0.264 e. The number of carbonyl (C=O) groups excluding carboxylic acids is 1. The highest BCUT2D eigenvalue weighted by molar-refractivity contribution is 7.92. The number of para-hydroxylation sites is 1. The molecule has 0 unspecified atom stereocenters. The lowest BCUT2D eigenvalue weighted by molar-refractivity contribution is 0.102. The predicted octanol–water partition coefficient (Wildman–Crippen LogP) is 5.38. The van der Waals surface area contributed by atoms with E-state index in [1.54, 1.807) is 54.6 Å². The van der Waals surface area contributed by atoms with Crippen LogP contribution in [-0.4, -0.2) is 21.4 Å². The van der Waals surface area contributed by atoms with Crippen molar-refractivity contribution in [2.75, 3.05) is 16.7 Å². The van der Waals surface area contributed by atoms with Crippen molar-refractivity contribution in [3.05, 3.63) is 87.9 Å². The Labute approximate surface area is 179 Å². The molecule has 0 radical (unpaired) electrons. The van der Waals surface area contributed by atoms with Crippen molar-refractivity contribution in [2.24, 2.45) is 0 Å². The SMILES string of the molecule is Cc1ccc(S(=O)(=O)N(C)c2ccc(Cl)c(C(=O)Nc3ccccc3Cl)c2)cc1. The summed E-state index contributed by atoms with van der Waals surface area (Å²) in [7, 11) is -2.37. The molecule has 0 atom stereocenters. The van der Waals surface area contributed by atoms with Crippen LogP contribution in [0, 0.1) is 6.92 Å². The van der Waals surface area contributed by atoms with Gasteiger partial charge in [0.1, 0.15) is 0 Å². The van der Waals surface area contributed by atoms with Gasteiger partial charge in [-0.25, -0.2) is 8.42 Å². The van der Waals surface area contributed by atoms with Crippen LogP contribution in [-0.2, 0) is 10.0 Å². The van der Waals surface area contributed by atoms with E-state index in [4.69, 9.17) is 23.2 Å². The molecule has 5 nitrogen and oxygen atoms in total. The first-order chi connectivity index (χ1) is 13.7. The number of sulfonamides is 1. The summed E-state index contributed by atoms with van der Waals surface area (Å²) in [6.07, 6.45) is 0. The van der Waals surface area contributed by atoms with E-state index >= 15 is 0 Å². The lowest BCUT2D eigenvalue weighted by atomic mass is 10.1. The van der Waals surface area contributed by atoms with Gasteiger partial charge in [-0.2, -0.15) is 0 Å². The molecule has 0 aliphatic rings. The van der Waals surface area contributed by atoms with Crippen molar-refractivity contribution in [1.29, 1.82) is 0 Å². The standard InChI is InChI=1S/C21H18Cl2N2O3S/c1-14-7-10-16(11-8-14)29(27,28)25(2)15-9-12-18(22)17(13-15)21(26)24-20-6-4-3-5-19(20)23/h3-13H,1-2H3,(H,24,26). The molecule has 0 saturated heterocycles. The Kier molecular flexibility index (Phi) is 6.17. The summed E-state index contributed by atoms with van der Waals surface area (Å²) in [6.45, 7) is 1.88. The Hall–Kier alpha value is -2.54. The number of amides is 1. The minimum absolute atomic E-state index is 0.134. The molecule has 29 heavy (non-hydrogen) atoms. The predicted molar refractivity (Wildman–Crippen MR) is 118 cm³/mol. The third-order valence-electron chi connectivity index (χ3n) is 4.36. The highest BCUT2D eigenvalue weighted by Gasteiger charge is 2.23. The molecular formula is C21H18Cl2N2O3S. The summed E-state index contributed by atoms with van der Waals surface area (Å²) in [6, 6.07) is 17.8. The van der Waals surface area contributed by atoms with Crippen molar-refractivity contribution < 1.29 is 13.2 Å². The monoisotopic (exact) mass is 448 g/mol. The number of hydrogen-bond acceptors (Lipinski definition) is 3. The number of anilines is 2. The van der Waals surface area contributed by atoms with E-state index in [-0.39, 0.29) is 15.5 Å². The number of nitrogens with one attached hydrogen (secondary N) is 1. The highest BCUT2D eigenvalue weighted by Crippen LogP contribution is 2.28. The number of nitrogens with zero attached hydrogens (tertiary/aromatic N) is 1. The Balaban J connectivity index is 1.93. The molecule has 0 heterocycles. The van der Waals surface area contributed by atoms with E-state index in [9.17, 15) is 13.2 Å². The second kappa shape index (κ2) is 8.45. The molecule has 1 N–H and O–H groups in total. The summed E-state index contributed by atoms with van der Waals surface area (Å²) in [4.78, 5) is 12.9. The third-order valence-corrected chi connectivity index (χ3v) is 6.82. The molecule has 150 valence electrons. The quantitative estimate of drug-likeness (QED) is 0.569. The molecule has 8 heteroatoms. The molecule has 0 aliphatic carbocycles. The topological polar surface area (TPSA) is 66.5 Å². The number of halogens is 2. The van der Waals surface area contributed by atoms with Gasteiger partial charge in [0.25, 0.3) is 15.9 Å². The van der Waals surface area contributed by atoms with Gasteiger partial charge in [-0.3, -0.25) is 9.10 Å². The molecule has 3 aromatic rings. The molecule has 0 aromatic heterocycles. The van der Waals surface area contributed by atoms with Crippen LogP contribution < -0.4 is 9.62 Å². The molecular weight excluding hydrogens is 431 g/mol. The fraction of sp³-hybridized carbons (Fsp3) is 0.0952. The number of carbonyl (C=O) groups is 1. The van der Waals surface area contributed by atoms with Crippen LogP contribution in [0.15, 0.2) is 71.6 Å². The van der Waals surface area contributed by atoms with Gasteiger partial charge in [0, 0.05) is 7.05 Å². The van der Waals surface area contributed by atoms with Crippen LogP contribution in [0.4, 0.5) is 11.4 Å². The summed E-state index contributed by atoms with van der Waals surface area (Å²) in [5.74, 6) is -0.494. The maximum atomic E-state index is 12.9. The molecule has 0 spiro atoms. The summed E-state index contributed by atoms with van der Waals surface area (Å²) >= 11 is 12.3. The molecule has 0 aliphatic heterocycles. The van der Waals surface area contributed by atoms with E-state index < -0.39 is 15.9 Å². The first-order valence-corrected chi connectivity index (χ1v) is 10.8. The molecule has 3 aromatic carbocycles. The van der Waals surface area contributed by atoms with Gasteiger partial charge in [-0.05, 0) is 49.4 Å². The maximum absolute atomic E-state index is 12.9. The number of aryl methyl sites for hydroxylation is 1. The van der Waals surface area contributed by atoms with Gasteiger partial charge in [0.15, 0.2) is 0 Å². The Morgan fingerprint density at radius 3 is 2.24 bits per heavy atom. The van der Waals surface area contributed by atoms with Gasteiger partial charge in [-0.15, -0.1) is 0 Å². The van der Waals surface area contributed by atoms with Crippen LogP contribution >= 0.6 is 23.2 Å². The summed E-state index contributed by atoms with van der Waals surface area (Å²) in [5.41, 5.74) is 1.83. The van der Waals surface area contributed by atoms with Crippen molar-refractivity contribution in [3.63, 3.8) is 0 Å². The number of benzene rings is 3. The van der Waals surface area contributed by atoms with Crippen LogP contribution in [0.3, 0.4) is 0 Å². The van der Waals surface area contributed by atoms with Crippen LogP contribution in [0.2, 0.25) is 10.0 Å². The Morgan fingerprint density at radius 1 is 0.931 bits per heavy atom. The zero-order valence-corrected chi connectivity index (χ0v) is 18.0. The van der Waals surface area contributed by atoms with E-state index in [1.807, 2.05) is 6.92 Å². The summed E-state index contributed by atoms with van der Waals surface area (Å²) < 4.78 is 27.0. The minimum Gasteiger partial charge on any atom is -0.321 e. The van der Waals surface area contributed by atoms with Gasteiger partial charge in [0.2, 0.25) is 0 Å². The number of hydrogen-bond donors (Lipinski definition) is 1. The highest BCUT2D eigenvalue weighted by atomic mass is 35.5. The van der Waals surface area contributed by atoms with Crippen molar-refractivity contribution in [1.82, 2.24) is 0 Å². The van der Waals surface area contributed by atoms with Gasteiger partial charge < -0.3 is 5.32 Å². The zero-order valence-electron chi connectivity index (χ0n) is 15.7. The lowest BCUT2D eigenvalue weighted by Gasteiger charge is -2.20. The Morgan fingerprint density at radius 2 is 1.59 bits per heavy atom. The van der Waals surface area contributed by atoms with E-state index in [0.29, 0.717) is 16.4 Å². The third kappa shape index (κ3) is 4.56. The zero-order chi connectivity index (χ0) is 21.2. The largest absolute Gasteiger partial charge is 0.321 e. The van der Waals surface area contributed by atoms with Gasteiger partial charge >= 0.3 is 0 Å². The first-order valence-electron chi connectivity index (χ1n) is 8.61. The normalized spacial score (nSPS) is 11.2. The minimum atomic E-state index is -3.79. The van der Waals surface area contributed by atoms with Crippen molar-refractivity contribution >= 4 is 50.5 Å². The molecule has 3 rings (SSSR count). The first kappa shape index (κ1) is 21.2. The average molecular weight is 449 g/mol. The van der Waals surface area contributed by atoms with E-state index in [1.165, 1.54) is 19.2 Å². The molecule has 0 bridgehead atoms. The second-order valence-corrected chi connectivity index (χ2v) is 9.17. The fourth-order valence-corrected chi connectivity index (χ4v) is 4.22. The van der Waals surface area contributed by atoms with Crippen LogP contribution in [0.1, 0.15) is 15.9 Å². The lowest BCUT2D eigenvalue weighted by Crippen LogP contribution is -2.27. The maximum Gasteiger partial charge on any atom is 0.264 e. The number of rotatable bonds is 5. The summed E-state index contributed by atoms with van der Waals surface area (Å²) in [5, 5.41) is 3.26. The second-order valence-electron chi connectivity index (χ2n) is 6.38. The fourth-order valence-electron chi connectivity index (χ4n) is 2.64. The van der Waals surface area contributed by atoms with E-state index in [2.05, 4.69) is 5.32 Å². The van der Waals surface area contributed by atoms with Crippen molar-refractivity contribution in [3.8, 4) is 0 Å². The van der Waals surface area contributed by atoms with Crippen LogP contribution in [0.5, 0.6) is 0 Å². The van der Waals surface area contributed by atoms with E-state index in [0.717, 1.165) is 9.87 Å². The molecule has 0 saturated carbocycles. The van der Waals surface area contributed by atoms with Gasteiger partial charge in [-0.1, -0.05) is 53.0 Å². The Bertz CT molecular complexity index is 1160. The van der Waals surface area contributed by atoms with Gasteiger partial charge in [0.05, 0.1) is 31.9 Å². The molecule has 1 amide bonds. The van der Waals surface area contributed by atoms with Crippen LogP contribution in [0.25, 0.3) is 0 Å². The van der Waals surface area contributed by atoms with Crippen molar-refractivity contribution in [2.45, 2.75) is 11.8 Å². The molecule has 0 fully saturated rings. The average Bonchev–Trinajstić information content (AvgIpc) is 2.70.